The molecule has 1 aromatic carbocycles. The summed E-state index contributed by atoms with van der Waals surface area (Å²) in [6, 6.07) is 7.41. The van der Waals surface area contributed by atoms with Crippen LogP contribution in [0.3, 0.4) is 0 Å². The first kappa shape index (κ1) is 14.4. The summed E-state index contributed by atoms with van der Waals surface area (Å²) >= 11 is 0. The fourth-order valence-corrected chi connectivity index (χ4v) is 3.16. The van der Waals surface area contributed by atoms with E-state index in [1.807, 2.05) is 24.3 Å². The molecule has 8 nitrogen and oxygen atoms in total. The maximum Gasteiger partial charge on any atom is 0.260 e. The molecule has 1 atom stereocenters. The number of carbonyl (C=O) groups excluding carboxylic acids is 1. The molecule has 8 heteroatoms. The number of fused-ring (bicyclic) bond motifs is 3. The number of benzene rings is 1. The van der Waals surface area contributed by atoms with Crippen molar-refractivity contribution < 1.29 is 9.53 Å². The third kappa shape index (κ3) is 1.99. The molecule has 0 bridgehead atoms. The van der Waals surface area contributed by atoms with E-state index < -0.39 is 0 Å². The Kier molecular flexibility index (Phi) is 3.12. The van der Waals surface area contributed by atoms with Crippen LogP contribution in [-0.2, 0) is 11.8 Å². The average Bonchev–Trinajstić information content (AvgIpc) is 3.09. The van der Waals surface area contributed by atoms with Crippen molar-refractivity contribution in [1.29, 1.82) is 0 Å². The molecule has 2 aromatic heterocycles. The minimum Gasteiger partial charge on any atom is -0.497 e. The quantitative estimate of drug-likeness (QED) is 0.756. The molecule has 0 aliphatic carbocycles. The average molecular weight is 325 g/mol. The van der Waals surface area contributed by atoms with Gasteiger partial charge in [-0.05, 0) is 17.7 Å². The number of hydrogen-bond donors (Lipinski definition) is 1. The van der Waals surface area contributed by atoms with Crippen LogP contribution in [-0.4, -0.2) is 32.2 Å². The zero-order valence-corrected chi connectivity index (χ0v) is 13.2. The van der Waals surface area contributed by atoms with Crippen LogP contribution in [0.15, 0.2) is 35.4 Å². The Hall–Kier alpha value is -3.16. The minimum atomic E-state index is -0.365. The van der Waals surface area contributed by atoms with Gasteiger partial charge in [0.05, 0.1) is 12.7 Å². The summed E-state index contributed by atoms with van der Waals surface area (Å²) in [5, 5.41) is 6.90. The SMILES string of the molecule is COc1cccc([C@@H]2CC(=O)Nc3c2c(=O)n(C)c2ncnn32)c1. The Morgan fingerprint density at radius 3 is 2.96 bits per heavy atom. The predicted molar refractivity (Wildman–Crippen MR) is 86.3 cm³/mol. The summed E-state index contributed by atoms with van der Waals surface area (Å²) in [5.41, 5.74) is 1.16. The van der Waals surface area contributed by atoms with E-state index in [9.17, 15) is 9.59 Å². The summed E-state index contributed by atoms with van der Waals surface area (Å²) in [4.78, 5) is 29.2. The predicted octanol–water partition coefficient (Wildman–Crippen LogP) is 0.911. The Morgan fingerprint density at radius 2 is 2.17 bits per heavy atom. The van der Waals surface area contributed by atoms with E-state index in [0.29, 0.717) is 22.9 Å². The standard InChI is InChI=1S/C16H15N5O3/c1-20-15(23)13-11(9-4-3-5-10(6-9)24-2)7-12(22)19-14(13)21-16(20)17-8-18-21/h3-6,8,11H,7H2,1-2H3,(H,19,22)/t11-/m0/s1. The third-order valence-electron chi connectivity index (χ3n) is 4.32. The highest BCUT2D eigenvalue weighted by atomic mass is 16.5. The highest BCUT2D eigenvalue weighted by Gasteiger charge is 2.32. The summed E-state index contributed by atoms with van der Waals surface area (Å²) in [5.74, 6) is 0.912. The van der Waals surface area contributed by atoms with Crippen LogP contribution < -0.4 is 15.6 Å². The topological polar surface area (TPSA) is 90.5 Å². The third-order valence-corrected chi connectivity index (χ3v) is 4.32. The summed E-state index contributed by atoms with van der Waals surface area (Å²) < 4.78 is 8.19. The van der Waals surface area contributed by atoms with Crippen LogP contribution in [0.2, 0.25) is 0 Å². The second-order valence-corrected chi connectivity index (χ2v) is 5.68. The van der Waals surface area contributed by atoms with Crippen LogP contribution in [0.4, 0.5) is 5.82 Å². The number of aromatic nitrogens is 4. The number of nitrogens with one attached hydrogen (secondary N) is 1. The lowest BCUT2D eigenvalue weighted by Crippen LogP contribution is -2.35. The van der Waals surface area contributed by atoms with Crippen molar-refractivity contribution in [3.05, 3.63) is 52.1 Å². The van der Waals surface area contributed by atoms with Gasteiger partial charge in [0.2, 0.25) is 11.7 Å². The maximum atomic E-state index is 12.9. The van der Waals surface area contributed by atoms with Gasteiger partial charge in [-0.25, -0.2) is 0 Å². The zero-order chi connectivity index (χ0) is 16.8. The van der Waals surface area contributed by atoms with Gasteiger partial charge in [-0.2, -0.15) is 14.6 Å². The Labute approximate surface area is 136 Å². The molecule has 0 spiro atoms. The lowest BCUT2D eigenvalue weighted by molar-refractivity contribution is -0.116. The van der Waals surface area contributed by atoms with Crippen LogP contribution in [0.1, 0.15) is 23.5 Å². The van der Waals surface area contributed by atoms with Gasteiger partial charge in [-0.3, -0.25) is 14.2 Å². The second-order valence-electron chi connectivity index (χ2n) is 5.68. The molecule has 24 heavy (non-hydrogen) atoms. The van der Waals surface area contributed by atoms with Crippen LogP contribution in [0, 0.1) is 0 Å². The van der Waals surface area contributed by atoms with Crippen molar-refractivity contribution in [2.24, 2.45) is 7.05 Å². The van der Waals surface area contributed by atoms with E-state index in [1.165, 1.54) is 15.4 Å². The van der Waals surface area contributed by atoms with Gasteiger partial charge < -0.3 is 10.1 Å². The molecule has 4 rings (SSSR count). The highest BCUT2D eigenvalue weighted by Crippen LogP contribution is 2.35. The van der Waals surface area contributed by atoms with Crippen LogP contribution >= 0.6 is 0 Å². The lowest BCUT2D eigenvalue weighted by atomic mass is 9.86. The molecule has 1 aliphatic rings. The number of aryl methyl sites for hydroxylation is 1. The highest BCUT2D eigenvalue weighted by molar-refractivity contribution is 5.94. The number of carbonyl (C=O) groups is 1. The molecule has 122 valence electrons. The smallest absolute Gasteiger partial charge is 0.260 e. The van der Waals surface area contributed by atoms with Gasteiger partial charge in [0, 0.05) is 19.4 Å². The Balaban J connectivity index is 2.01. The van der Waals surface area contributed by atoms with Crippen molar-refractivity contribution in [2.45, 2.75) is 12.3 Å². The molecule has 1 N–H and O–H groups in total. The summed E-state index contributed by atoms with van der Waals surface area (Å²) in [6.45, 7) is 0. The monoisotopic (exact) mass is 325 g/mol. The van der Waals surface area contributed by atoms with Gasteiger partial charge >= 0.3 is 0 Å². The fourth-order valence-electron chi connectivity index (χ4n) is 3.16. The molecule has 1 amide bonds. The summed E-state index contributed by atoms with van der Waals surface area (Å²) in [6.07, 6.45) is 1.55. The number of rotatable bonds is 2. The minimum absolute atomic E-state index is 0.166. The van der Waals surface area contributed by atoms with E-state index in [4.69, 9.17) is 4.74 Å². The van der Waals surface area contributed by atoms with E-state index in [1.54, 1.807) is 14.2 Å². The second kappa shape index (κ2) is 5.19. The Bertz CT molecular complexity index is 1020. The number of hydrogen-bond acceptors (Lipinski definition) is 5. The molecule has 1 aliphatic heterocycles. The molecule has 3 heterocycles. The molecular weight excluding hydrogens is 310 g/mol. The van der Waals surface area contributed by atoms with E-state index >= 15 is 0 Å². The fraction of sp³-hybridized carbons (Fsp3) is 0.250. The number of nitrogens with zero attached hydrogens (tertiary/aromatic N) is 4. The van der Waals surface area contributed by atoms with Crippen LogP contribution in [0.5, 0.6) is 5.75 Å². The molecule has 0 saturated carbocycles. The van der Waals surface area contributed by atoms with Gasteiger partial charge in [-0.1, -0.05) is 12.1 Å². The summed E-state index contributed by atoms with van der Waals surface area (Å²) in [7, 11) is 3.23. The first-order chi connectivity index (χ1) is 11.6. The molecule has 0 fully saturated rings. The van der Waals surface area contributed by atoms with Gasteiger partial charge in [0.25, 0.3) is 5.56 Å². The van der Waals surface area contributed by atoms with Crippen molar-refractivity contribution in [3.63, 3.8) is 0 Å². The van der Waals surface area contributed by atoms with Gasteiger partial charge in [0.15, 0.2) is 0 Å². The molecule has 3 aromatic rings. The van der Waals surface area contributed by atoms with Crippen molar-refractivity contribution in [3.8, 4) is 5.75 Å². The lowest BCUT2D eigenvalue weighted by Gasteiger charge is -2.26. The largest absolute Gasteiger partial charge is 0.497 e. The molecule has 0 saturated heterocycles. The molecule has 0 radical (unpaired) electrons. The van der Waals surface area contributed by atoms with E-state index in [2.05, 4.69) is 15.4 Å². The normalized spacial score (nSPS) is 16.8. The molecule has 0 unspecified atom stereocenters. The molecular formula is C16H15N5O3. The Morgan fingerprint density at radius 1 is 1.33 bits per heavy atom. The van der Waals surface area contributed by atoms with Gasteiger partial charge in [0.1, 0.15) is 17.9 Å². The number of methoxy groups -OCH3 is 1. The van der Waals surface area contributed by atoms with Gasteiger partial charge in [-0.15, -0.1) is 0 Å². The van der Waals surface area contributed by atoms with Crippen molar-refractivity contribution >= 4 is 17.5 Å². The number of amides is 1. The van der Waals surface area contributed by atoms with Crippen molar-refractivity contribution in [2.75, 3.05) is 12.4 Å². The number of anilines is 1. The van der Waals surface area contributed by atoms with E-state index in [0.717, 1.165) is 5.56 Å². The maximum absolute atomic E-state index is 12.9. The zero-order valence-electron chi connectivity index (χ0n) is 13.2. The number of ether oxygens (including phenoxy) is 1. The van der Waals surface area contributed by atoms with E-state index in [-0.39, 0.29) is 23.8 Å². The first-order valence-electron chi connectivity index (χ1n) is 7.46. The van der Waals surface area contributed by atoms with Crippen molar-refractivity contribution in [1.82, 2.24) is 19.2 Å². The van der Waals surface area contributed by atoms with Crippen LogP contribution in [0.25, 0.3) is 5.78 Å². The first-order valence-corrected chi connectivity index (χ1v) is 7.46.